The van der Waals surface area contributed by atoms with Crippen molar-refractivity contribution in [2.75, 3.05) is 13.7 Å². The highest BCUT2D eigenvalue weighted by Crippen LogP contribution is 2.36. The van der Waals surface area contributed by atoms with Crippen LogP contribution in [0.15, 0.2) is 30.3 Å². The molecule has 0 unspecified atom stereocenters. The second-order valence-electron chi connectivity index (χ2n) is 5.37. The van der Waals surface area contributed by atoms with E-state index in [-0.39, 0.29) is 6.61 Å². The zero-order valence-electron chi connectivity index (χ0n) is 16.0. The molecule has 3 rings (SSSR count). The Morgan fingerprint density at radius 1 is 1.30 bits per heavy atom. The second-order valence-corrected chi connectivity index (χ2v) is 5.70. The molecule has 6 nitrogen and oxygen atoms in total. The minimum absolute atomic E-state index is 0.339. The molecule has 1 aromatic rings. The van der Waals surface area contributed by atoms with Crippen LogP contribution in [0.3, 0.4) is 0 Å². The lowest BCUT2D eigenvalue weighted by molar-refractivity contribution is -0.239. The van der Waals surface area contributed by atoms with Crippen LogP contribution < -0.4 is 4.74 Å². The first-order valence-electron chi connectivity index (χ1n) is 8.56. The number of fused-ring (bicyclic) bond motifs is 1. The van der Waals surface area contributed by atoms with Crippen LogP contribution >= 0.6 is 12.2 Å². The Morgan fingerprint density at radius 3 is 2.74 bits per heavy atom. The SMILES string of the molecule is [2H][C@@]12OC(C)(C)O[C@]1([2H])CO[C@@H](OC)[C@@]2([2H])OC(=S)Oc1ccccc1. The molecule has 23 heavy (non-hydrogen) atoms. The van der Waals surface area contributed by atoms with Crippen molar-refractivity contribution in [3.8, 4) is 5.75 Å². The predicted molar refractivity (Wildman–Crippen MR) is 85.1 cm³/mol. The summed E-state index contributed by atoms with van der Waals surface area (Å²) in [4.78, 5) is 0. The number of benzene rings is 1. The largest absolute Gasteiger partial charge is 0.445 e. The van der Waals surface area contributed by atoms with E-state index in [0.717, 1.165) is 0 Å². The van der Waals surface area contributed by atoms with Gasteiger partial charge in [-0.2, -0.15) is 0 Å². The van der Waals surface area contributed by atoms with Crippen LogP contribution in [0.5, 0.6) is 5.75 Å². The van der Waals surface area contributed by atoms with Gasteiger partial charge in [-0.1, -0.05) is 18.2 Å². The van der Waals surface area contributed by atoms with Crippen molar-refractivity contribution in [1.82, 2.24) is 0 Å². The van der Waals surface area contributed by atoms with E-state index in [1.54, 1.807) is 44.2 Å². The highest BCUT2D eigenvalue weighted by molar-refractivity contribution is 7.79. The molecule has 2 saturated heterocycles. The van der Waals surface area contributed by atoms with Crippen LogP contribution in [-0.2, 0) is 23.7 Å². The summed E-state index contributed by atoms with van der Waals surface area (Å²) >= 11 is 5.08. The summed E-state index contributed by atoms with van der Waals surface area (Å²) in [6.45, 7) is 2.74. The summed E-state index contributed by atoms with van der Waals surface area (Å²) in [6.07, 6.45) is -8.06. The Labute approximate surface area is 144 Å². The van der Waals surface area contributed by atoms with E-state index in [1.807, 2.05) is 0 Å². The summed E-state index contributed by atoms with van der Waals surface area (Å²) in [5.41, 5.74) is 0. The molecule has 0 saturated carbocycles. The number of hydrogen-bond acceptors (Lipinski definition) is 7. The normalized spacial score (nSPS) is 43.6. The standard InChI is InChI=1S/C16H20O6S/c1-16(2)21-11-9-18-14(17-3)13(12(11)22-16)20-15(23)19-10-7-5-4-6-8-10/h4-8,11-14H,9H2,1-3H3/t11-,12-,13+,14-/m1/s1/i11D,12D,13D. The van der Waals surface area contributed by atoms with Gasteiger partial charge in [-0.05, 0) is 26.0 Å². The van der Waals surface area contributed by atoms with Crippen LogP contribution in [0.4, 0.5) is 0 Å². The Bertz CT molecular complexity index is 692. The Morgan fingerprint density at radius 2 is 2.04 bits per heavy atom. The lowest BCUT2D eigenvalue weighted by Crippen LogP contribution is -2.54. The van der Waals surface area contributed by atoms with Crippen molar-refractivity contribution >= 4 is 17.5 Å². The third-order valence-electron chi connectivity index (χ3n) is 3.13. The molecule has 4 atom stereocenters. The smallest absolute Gasteiger partial charge is 0.358 e. The highest BCUT2D eigenvalue weighted by atomic mass is 32.1. The van der Waals surface area contributed by atoms with Crippen molar-refractivity contribution in [3.05, 3.63) is 30.3 Å². The van der Waals surface area contributed by atoms with Gasteiger partial charge < -0.3 is 28.4 Å². The van der Waals surface area contributed by atoms with E-state index in [1.165, 1.54) is 7.11 Å². The molecule has 2 aliphatic heterocycles. The number of methoxy groups -OCH3 is 1. The third-order valence-corrected chi connectivity index (χ3v) is 3.29. The van der Waals surface area contributed by atoms with Gasteiger partial charge in [0.2, 0.25) is 0 Å². The first kappa shape index (κ1) is 13.1. The molecule has 126 valence electrons. The fourth-order valence-corrected chi connectivity index (χ4v) is 2.43. The fraction of sp³-hybridized carbons (Fsp3) is 0.562. The maximum Gasteiger partial charge on any atom is 0.358 e. The van der Waals surface area contributed by atoms with Gasteiger partial charge in [0, 0.05) is 19.3 Å². The first-order valence-corrected chi connectivity index (χ1v) is 7.47. The third kappa shape index (κ3) is 3.81. The van der Waals surface area contributed by atoms with E-state index >= 15 is 0 Å². The van der Waals surface area contributed by atoms with E-state index in [9.17, 15) is 0 Å². The average molecular weight is 343 g/mol. The van der Waals surface area contributed by atoms with Crippen LogP contribution in [0.25, 0.3) is 0 Å². The maximum atomic E-state index is 8.75. The molecular weight excluding hydrogens is 320 g/mol. The van der Waals surface area contributed by atoms with Crippen molar-refractivity contribution in [2.45, 2.75) is 44.2 Å². The van der Waals surface area contributed by atoms with Gasteiger partial charge >= 0.3 is 5.24 Å². The number of ether oxygens (including phenoxy) is 6. The number of para-hydroxylation sites is 1. The van der Waals surface area contributed by atoms with Gasteiger partial charge in [-0.25, -0.2) is 0 Å². The highest BCUT2D eigenvalue weighted by Gasteiger charge is 2.53. The minimum atomic E-state index is -2.37. The lowest BCUT2D eigenvalue weighted by atomic mass is 10.1. The van der Waals surface area contributed by atoms with Crippen LogP contribution in [0.2, 0.25) is 0 Å². The van der Waals surface area contributed by atoms with E-state index in [4.69, 9.17) is 44.8 Å². The van der Waals surface area contributed by atoms with Crippen LogP contribution in [0, 0.1) is 0 Å². The average Bonchev–Trinajstić information content (AvgIpc) is 2.74. The molecule has 0 bridgehead atoms. The molecule has 2 heterocycles. The predicted octanol–water partition coefficient (Wildman–Crippen LogP) is 2.26. The van der Waals surface area contributed by atoms with E-state index in [0.29, 0.717) is 5.75 Å². The minimum Gasteiger partial charge on any atom is -0.445 e. The quantitative estimate of drug-likeness (QED) is 0.780. The molecule has 0 N–H and O–H groups in total. The number of thiocarbonyl (C=S) groups is 1. The van der Waals surface area contributed by atoms with E-state index in [2.05, 4.69) is 0 Å². The van der Waals surface area contributed by atoms with Gasteiger partial charge in [-0.3, -0.25) is 0 Å². The van der Waals surface area contributed by atoms with Gasteiger partial charge in [-0.15, -0.1) is 0 Å². The maximum absolute atomic E-state index is 8.75. The van der Waals surface area contributed by atoms with Gasteiger partial charge in [0.05, 0.1) is 10.7 Å². The van der Waals surface area contributed by atoms with Crippen LogP contribution in [-0.4, -0.2) is 49.3 Å². The van der Waals surface area contributed by atoms with Crippen molar-refractivity contribution in [1.29, 1.82) is 0 Å². The molecule has 2 aliphatic rings. The molecule has 0 radical (unpaired) electrons. The summed E-state index contributed by atoms with van der Waals surface area (Å²) < 4.78 is 58.5. The summed E-state index contributed by atoms with van der Waals surface area (Å²) in [6, 6.07) is 8.60. The van der Waals surface area contributed by atoms with Crippen molar-refractivity contribution in [2.24, 2.45) is 0 Å². The molecule has 7 heteroatoms. The zero-order chi connectivity index (χ0) is 19.2. The molecule has 0 amide bonds. The second kappa shape index (κ2) is 6.70. The van der Waals surface area contributed by atoms with Gasteiger partial charge in [0.25, 0.3) is 0 Å². The van der Waals surface area contributed by atoms with Crippen molar-refractivity contribution < 1.29 is 32.5 Å². The van der Waals surface area contributed by atoms with Gasteiger partial charge in [0.1, 0.15) is 17.9 Å². The Balaban J connectivity index is 1.91. The molecule has 0 spiro atoms. The monoisotopic (exact) mass is 343 g/mol. The topological polar surface area (TPSA) is 55.4 Å². The van der Waals surface area contributed by atoms with E-state index < -0.39 is 35.6 Å². The summed E-state index contributed by atoms with van der Waals surface area (Å²) in [5.74, 6) is -0.903. The molecule has 1 aromatic carbocycles. The lowest BCUT2D eigenvalue weighted by Gasteiger charge is -2.36. The van der Waals surface area contributed by atoms with Crippen molar-refractivity contribution in [3.63, 3.8) is 0 Å². The van der Waals surface area contributed by atoms with Gasteiger partial charge in [0.15, 0.2) is 18.2 Å². The Hall–Kier alpha value is -1.25. The van der Waals surface area contributed by atoms with Crippen LogP contribution in [0.1, 0.15) is 18.0 Å². The summed E-state index contributed by atoms with van der Waals surface area (Å²) in [5, 5.41) is -0.430. The number of rotatable bonds is 3. The molecular formula is C16H20O6S. The molecule has 0 aliphatic carbocycles. The first-order chi connectivity index (χ1) is 12.1. The zero-order valence-corrected chi connectivity index (χ0v) is 13.8. The Kier molecular flexibility index (Phi) is 3.81. The number of hydrogen-bond donors (Lipinski definition) is 0. The fourth-order valence-electron chi connectivity index (χ4n) is 2.25. The molecule has 0 aromatic heterocycles. The molecule has 2 fully saturated rings. The summed E-state index contributed by atoms with van der Waals surface area (Å²) in [7, 11) is 1.29.